The van der Waals surface area contributed by atoms with Gasteiger partial charge in [0.05, 0.1) is 0 Å². The van der Waals surface area contributed by atoms with Gasteiger partial charge in [-0.3, -0.25) is 4.98 Å². The van der Waals surface area contributed by atoms with Crippen molar-refractivity contribution in [3.05, 3.63) is 63.0 Å². The Hall–Kier alpha value is -0.940. The van der Waals surface area contributed by atoms with Crippen LogP contribution in [0.3, 0.4) is 0 Å². The Kier molecular flexibility index (Phi) is 4.72. The zero-order valence-electron chi connectivity index (χ0n) is 10.4. The van der Waals surface area contributed by atoms with E-state index in [1.54, 1.807) is 0 Å². The van der Waals surface area contributed by atoms with Crippen molar-refractivity contribution >= 4 is 22.6 Å². The standard InChI is InChI=1S/C15H17IN2/c1-2-11-6-7-14(18-10-11)9-15(17)12-4-3-5-13(16)8-12/h3-8,10,15H,2,9,17H2,1H3. The van der Waals surface area contributed by atoms with Crippen LogP contribution in [0.4, 0.5) is 0 Å². The second-order valence-corrected chi connectivity index (χ2v) is 5.62. The highest BCUT2D eigenvalue weighted by Gasteiger charge is 2.08. The Morgan fingerprint density at radius 3 is 2.72 bits per heavy atom. The van der Waals surface area contributed by atoms with Crippen molar-refractivity contribution in [1.82, 2.24) is 4.98 Å². The predicted octanol–water partition coefficient (Wildman–Crippen LogP) is 3.49. The maximum atomic E-state index is 6.22. The van der Waals surface area contributed by atoms with E-state index in [1.807, 2.05) is 12.3 Å². The number of hydrogen-bond acceptors (Lipinski definition) is 2. The highest BCUT2D eigenvalue weighted by atomic mass is 127. The first-order valence-corrected chi connectivity index (χ1v) is 7.21. The van der Waals surface area contributed by atoms with Crippen LogP contribution in [0.5, 0.6) is 0 Å². The molecule has 3 heteroatoms. The molecular weight excluding hydrogens is 335 g/mol. The summed E-state index contributed by atoms with van der Waals surface area (Å²) in [4.78, 5) is 4.46. The van der Waals surface area contributed by atoms with E-state index >= 15 is 0 Å². The van der Waals surface area contributed by atoms with Crippen LogP contribution in [0, 0.1) is 3.57 Å². The first kappa shape index (κ1) is 13.5. The van der Waals surface area contributed by atoms with Gasteiger partial charge in [0.25, 0.3) is 0 Å². The second kappa shape index (κ2) is 6.29. The van der Waals surface area contributed by atoms with Crippen molar-refractivity contribution < 1.29 is 0 Å². The summed E-state index contributed by atoms with van der Waals surface area (Å²) >= 11 is 2.31. The molecule has 0 saturated carbocycles. The Balaban J connectivity index is 2.08. The van der Waals surface area contributed by atoms with Gasteiger partial charge in [-0.25, -0.2) is 0 Å². The zero-order chi connectivity index (χ0) is 13.0. The molecule has 1 aromatic carbocycles. The summed E-state index contributed by atoms with van der Waals surface area (Å²) in [6.45, 7) is 2.13. The van der Waals surface area contributed by atoms with Crippen LogP contribution in [-0.2, 0) is 12.8 Å². The number of pyridine rings is 1. The number of nitrogens with two attached hydrogens (primary N) is 1. The molecular formula is C15H17IN2. The summed E-state index contributed by atoms with van der Waals surface area (Å²) < 4.78 is 1.22. The molecule has 0 fully saturated rings. The van der Waals surface area contributed by atoms with Gasteiger partial charge in [-0.1, -0.05) is 25.1 Å². The number of halogens is 1. The van der Waals surface area contributed by atoms with Crippen LogP contribution in [0.25, 0.3) is 0 Å². The van der Waals surface area contributed by atoms with Crippen molar-refractivity contribution in [3.63, 3.8) is 0 Å². The molecule has 94 valence electrons. The third-order valence-corrected chi connectivity index (χ3v) is 3.67. The summed E-state index contributed by atoms with van der Waals surface area (Å²) in [5, 5.41) is 0. The number of aromatic nitrogens is 1. The largest absolute Gasteiger partial charge is 0.324 e. The molecule has 18 heavy (non-hydrogen) atoms. The Morgan fingerprint density at radius 2 is 2.11 bits per heavy atom. The maximum absolute atomic E-state index is 6.22. The fraction of sp³-hybridized carbons (Fsp3) is 0.267. The van der Waals surface area contributed by atoms with Gasteiger partial charge >= 0.3 is 0 Å². The minimum atomic E-state index is 0.0136. The third kappa shape index (κ3) is 3.53. The van der Waals surface area contributed by atoms with Gasteiger partial charge in [0.2, 0.25) is 0 Å². The predicted molar refractivity (Wildman–Crippen MR) is 83.4 cm³/mol. The van der Waals surface area contributed by atoms with E-state index in [1.165, 1.54) is 14.7 Å². The molecule has 1 heterocycles. The molecule has 2 N–H and O–H groups in total. The molecule has 0 aliphatic heterocycles. The fourth-order valence-electron chi connectivity index (χ4n) is 1.87. The Bertz CT molecular complexity index is 508. The van der Waals surface area contributed by atoms with Crippen LogP contribution < -0.4 is 5.73 Å². The van der Waals surface area contributed by atoms with E-state index in [9.17, 15) is 0 Å². The lowest BCUT2D eigenvalue weighted by Crippen LogP contribution is -2.14. The highest BCUT2D eigenvalue weighted by molar-refractivity contribution is 14.1. The van der Waals surface area contributed by atoms with Crippen LogP contribution in [0.1, 0.15) is 29.8 Å². The van der Waals surface area contributed by atoms with Crippen LogP contribution in [0.2, 0.25) is 0 Å². The molecule has 0 aliphatic rings. The molecule has 0 bridgehead atoms. The van der Waals surface area contributed by atoms with E-state index in [2.05, 4.69) is 64.8 Å². The number of rotatable bonds is 4. The highest BCUT2D eigenvalue weighted by Crippen LogP contribution is 2.17. The average molecular weight is 352 g/mol. The molecule has 2 aromatic rings. The molecule has 1 aromatic heterocycles. The number of hydrogen-bond donors (Lipinski definition) is 1. The van der Waals surface area contributed by atoms with E-state index in [0.29, 0.717) is 0 Å². The van der Waals surface area contributed by atoms with E-state index in [-0.39, 0.29) is 6.04 Å². The van der Waals surface area contributed by atoms with Crippen molar-refractivity contribution in [2.45, 2.75) is 25.8 Å². The lowest BCUT2D eigenvalue weighted by atomic mass is 10.0. The smallest absolute Gasteiger partial charge is 0.0422 e. The van der Waals surface area contributed by atoms with Gasteiger partial charge in [-0.05, 0) is 58.3 Å². The third-order valence-electron chi connectivity index (χ3n) is 3.00. The molecule has 1 unspecified atom stereocenters. The molecule has 2 rings (SSSR count). The molecule has 1 atom stereocenters. The first-order valence-electron chi connectivity index (χ1n) is 6.14. The SMILES string of the molecule is CCc1ccc(CC(N)c2cccc(I)c2)nc1. The normalized spacial score (nSPS) is 12.4. The van der Waals surface area contributed by atoms with E-state index in [4.69, 9.17) is 5.73 Å². The van der Waals surface area contributed by atoms with Gasteiger partial charge in [0.15, 0.2) is 0 Å². The molecule has 0 aliphatic carbocycles. The minimum absolute atomic E-state index is 0.0136. The van der Waals surface area contributed by atoms with Crippen molar-refractivity contribution in [3.8, 4) is 0 Å². The molecule has 0 amide bonds. The number of aryl methyl sites for hydroxylation is 1. The maximum Gasteiger partial charge on any atom is 0.0422 e. The number of nitrogens with zero attached hydrogens (tertiary/aromatic N) is 1. The van der Waals surface area contributed by atoms with Crippen LogP contribution >= 0.6 is 22.6 Å². The summed E-state index contributed by atoms with van der Waals surface area (Å²) in [7, 11) is 0. The average Bonchev–Trinajstić information content (AvgIpc) is 2.39. The topological polar surface area (TPSA) is 38.9 Å². The quantitative estimate of drug-likeness (QED) is 0.856. The molecule has 2 nitrogen and oxygen atoms in total. The van der Waals surface area contributed by atoms with Gasteiger partial charge < -0.3 is 5.73 Å². The Labute approximate surface area is 122 Å². The minimum Gasteiger partial charge on any atom is -0.324 e. The lowest BCUT2D eigenvalue weighted by molar-refractivity contribution is 0.705. The van der Waals surface area contributed by atoms with Crippen LogP contribution in [-0.4, -0.2) is 4.98 Å². The van der Waals surface area contributed by atoms with Crippen LogP contribution in [0.15, 0.2) is 42.6 Å². The van der Waals surface area contributed by atoms with Crippen molar-refractivity contribution in [2.24, 2.45) is 5.73 Å². The summed E-state index contributed by atoms with van der Waals surface area (Å²) in [5.41, 5.74) is 9.71. The first-order chi connectivity index (χ1) is 8.69. The summed E-state index contributed by atoms with van der Waals surface area (Å²) in [5.74, 6) is 0. The van der Waals surface area contributed by atoms with Crippen molar-refractivity contribution in [2.75, 3.05) is 0 Å². The van der Waals surface area contributed by atoms with E-state index in [0.717, 1.165) is 18.5 Å². The lowest BCUT2D eigenvalue weighted by Gasteiger charge is -2.12. The van der Waals surface area contributed by atoms with Gasteiger partial charge in [-0.15, -0.1) is 0 Å². The fourth-order valence-corrected chi connectivity index (χ4v) is 2.43. The molecule has 0 saturated heterocycles. The summed E-state index contributed by atoms with van der Waals surface area (Å²) in [6.07, 6.45) is 3.75. The van der Waals surface area contributed by atoms with Crippen molar-refractivity contribution in [1.29, 1.82) is 0 Å². The van der Waals surface area contributed by atoms with E-state index < -0.39 is 0 Å². The summed E-state index contributed by atoms with van der Waals surface area (Å²) in [6, 6.07) is 12.5. The monoisotopic (exact) mass is 352 g/mol. The Morgan fingerprint density at radius 1 is 1.28 bits per heavy atom. The van der Waals surface area contributed by atoms with Gasteiger partial charge in [0.1, 0.15) is 0 Å². The second-order valence-electron chi connectivity index (χ2n) is 4.38. The number of benzene rings is 1. The molecule has 0 spiro atoms. The molecule has 0 radical (unpaired) electrons. The van der Waals surface area contributed by atoms with Gasteiger partial charge in [0, 0.05) is 27.9 Å². The van der Waals surface area contributed by atoms with Gasteiger partial charge in [-0.2, -0.15) is 0 Å². The zero-order valence-corrected chi connectivity index (χ0v) is 12.6.